The van der Waals surface area contributed by atoms with Crippen LogP contribution in [0, 0.1) is 17.1 Å². The maximum absolute atomic E-state index is 13.9. The standard InChI is InChI=1S/C15H12BrFN2/c1-2-19(15-6-4-3-5-13(15)17)14-8-7-11(10-18)9-12(14)16/h3-9H,2H2,1H3. The first kappa shape index (κ1) is 13.6. The van der Waals surface area contributed by atoms with Crippen LogP contribution in [0.2, 0.25) is 0 Å². The number of nitrogens with zero attached hydrogens (tertiary/aromatic N) is 2. The van der Waals surface area contributed by atoms with Crippen LogP contribution in [0.4, 0.5) is 15.8 Å². The lowest BCUT2D eigenvalue weighted by Gasteiger charge is -2.25. The van der Waals surface area contributed by atoms with E-state index in [4.69, 9.17) is 5.26 Å². The molecular weight excluding hydrogens is 307 g/mol. The third-order valence-corrected chi connectivity index (χ3v) is 3.46. The molecule has 0 N–H and O–H groups in total. The van der Waals surface area contributed by atoms with Gasteiger partial charge in [-0.2, -0.15) is 5.26 Å². The van der Waals surface area contributed by atoms with E-state index in [1.807, 2.05) is 17.9 Å². The predicted molar refractivity (Wildman–Crippen MR) is 77.9 cm³/mol. The van der Waals surface area contributed by atoms with Crippen molar-refractivity contribution < 1.29 is 4.39 Å². The lowest BCUT2D eigenvalue weighted by Crippen LogP contribution is -2.17. The molecule has 0 aliphatic carbocycles. The summed E-state index contributed by atoms with van der Waals surface area (Å²) in [5.41, 5.74) is 1.93. The lowest BCUT2D eigenvalue weighted by atomic mass is 10.2. The quantitative estimate of drug-likeness (QED) is 0.825. The summed E-state index contributed by atoms with van der Waals surface area (Å²) in [6, 6.07) is 14.0. The van der Waals surface area contributed by atoms with E-state index in [0.29, 0.717) is 17.8 Å². The molecule has 0 aromatic heterocycles. The zero-order chi connectivity index (χ0) is 13.8. The number of nitriles is 1. The summed E-state index contributed by atoms with van der Waals surface area (Å²) in [7, 11) is 0. The molecule has 2 nitrogen and oxygen atoms in total. The highest BCUT2D eigenvalue weighted by molar-refractivity contribution is 9.10. The van der Waals surface area contributed by atoms with Gasteiger partial charge in [-0.15, -0.1) is 0 Å². The largest absolute Gasteiger partial charge is 0.338 e. The first-order chi connectivity index (χ1) is 9.17. The summed E-state index contributed by atoms with van der Waals surface area (Å²) >= 11 is 3.44. The fraction of sp³-hybridized carbons (Fsp3) is 0.133. The first-order valence-electron chi connectivity index (χ1n) is 5.89. The van der Waals surface area contributed by atoms with Crippen LogP contribution in [0.25, 0.3) is 0 Å². The second-order valence-electron chi connectivity index (χ2n) is 3.97. The van der Waals surface area contributed by atoms with Crippen LogP contribution in [0.15, 0.2) is 46.9 Å². The van der Waals surface area contributed by atoms with Gasteiger partial charge in [-0.05, 0) is 53.2 Å². The van der Waals surface area contributed by atoms with Crippen molar-refractivity contribution in [1.29, 1.82) is 5.26 Å². The smallest absolute Gasteiger partial charge is 0.146 e. The van der Waals surface area contributed by atoms with Crippen LogP contribution in [0.1, 0.15) is 12.5 Å². The Morgan fingerprint density at radius 2 is 1.95 bits per heavy atom. The number of rotatable bonds is 3. The van der Waals surface area contributed by atoms with Crippen LogP contribution in [0.3, 0.4) is 0 Å². The molecule has 0 bridgehead atoms. The van der Waals surface area contributed by atoms with Crippen molar-refractivity contribution in [3.05, 3.63) is 58.3 Å². The minimum absolute atomic E-state index is 0.263. The van der Waals surface area contributed by atoms with Crippen LogP contribution < -0.4 is 4.90 Å². The highest BCUT2D eigenvalue weighted by atomic mass is 79.9. The molecule has 0 aliphatic rings. The predicted octanol–water partition coefficient (Wildman–Crippen LogP) is 4.62. The Hall–Kier alpha value is -1.86. The van der Waals surface area contributed by atoms with Crippen LogP contribution in [-0.2, 0) is 0 Å². The molecule has 2 aromatic rings. The zero-order valence-corrected chi connectivity index (χ0v) is 12.0. The van der Waals surface area contributed by atoms with Crippen molar-refractivity contribution >= 4 is 27.3 Å². The van der Waals surface area contributed by atoms with E-state index in [1.54, 1.807) is 30.3 Å². The molecule has 0 aliphatic heterocycles. The van der Waals surface area contributed by atoms with Crippen molar-refractivity contribution in [2.24, 2.45) is 0 Å². The Labute approximate surface area is 120 Å². The third-order valence-electron chi connectivity index (χ3n) is 2.83. The van der Waals surface area contributed by atoms with Crippen molar-refractivity contribution in [3.8, 4) is 6.07 Å². The molecule has 0 amide bonds. The number of hydrogen-bond acceptors (Lipinski definition) is 2. The molecule has 0 saturated heterocycles. The van der Waals surface area contributed by atoms with Crippen LogP contribution in [0.5, 0.6) is 0 Å². The minimum Gasteiger partial charge on any atom is -0.338 e. The molecule has 0 saturated carbocycles. The third kappa shape index (κ3) is 2.77. The van der Waals surface area contributed by atoms with Gasteiger partial charge in [0.25, 0.3) is 0 Å². The van der Waals surface area contributed by atoms with Gasteiger partial charge in [0.15, 0.2) is 0 Å². The van der Waals surface area contributed by atoms with E-state index in [-0.39, 0.29) is 5.82 Å². The van der Waals surface area contributed by atoms with Crippen LogP contribution in [-0.4, -0.2) is 6.54 Å². The van der Waals surface area contributed by atoms with E-state index in [2.05, 4.69) is 22.0 Å². The molecular formula is C15H12BrFN2. The fourth-order valence-electron chi connectivity index (χ4n) is 1.94. The molecule has 4 heteroatoms. The lowest BCUT2D eigenvalue weighted by molar-refractivity contribution is 0.625. The zero-order valence-electron chi connectivity index (χ0n) is 10.4. The van der Waals surface area contributed by atoms with E-state index < -0.39 is 0 Å². The monoisotopic (exact) mass is 318 g/mol. The Morgan fingerprint density at radius 3 is 2.53 bits per heavy atom. The Balaban J connectivity index is 2.49. The number of benzene rings is 2. The molecule has 19 heavy (non-hydrogen) atoms. The van der Waals surface area contributed by atoms with E-state index in [9.17, 15) is 4.39 Å². The number of anilines is 2. The van der Waals surface area contributed by atoms with E-state index >= 15 is 0 Å². The summed E-state index contributed by atoms with van der Waals surface area (Å²) in [6.07, 6.45) is 0. The summed E-state index contributed by atoms with van der Waals surface area (Å²) in [5.74, 6) is -0.263. The van der Waals surface area contributed by atoms with E-state index in [1.165, 1.54) is 6.07 Å². The summed E-state index contributed by atoms with van der Waals surface area (Å²) in [5, 5.41) is 8.87. The summed E-state index contributed by atoms with van der Waals surface area (Å²) in [4.78, 5) is 1.86. The van der Waals surface area contributed by atoms with Crippen molar-refractivity contribution in [3.63, 3.8) is 0 Å². The van der Waals surface area contributed by atoms with Gasteiger partial charge >= 0.3 is 0 Å². The van der Waals surface area contributed by atoms with E-state index in [0.717, 1.165) is 10.2 Å². The number of para-hydroxylation sites is 1. The highest BCUT2D eigenvalue weighted by Crippen LogP contribution is 2.33. The van der Waals surface area contributed by atoms with Gasteiger partial charge in [0.2, 0.25) is 0 Å². The Morgan fingerprint density at radius 1 is 1.21 bits per heavy atom. The van der Waals surface area contributed by atoms with Crippen molar-refractivity contribution in [2.45, 2.75) is 6.92 Å². The number of halogens is 2. The molecule has 0 fully saturated rings. The maximum Gasteiger partial charge on any atom is 0.146 e. The summed E-state index contributed by atoms with van der Waals surface area (Å²) < 4.78 is 14.7. The molecule has 0 unspecified atom stereocenters. The average Bonchev–Trinajstić information content (AvgIpc) is 2.43. The van der Waals surface area contributed by atoms with Crippen molar-refractivity contribution in [1.82, 2.24) is 0 Å². The second kappa shape index (κ2) is 5.85. The SMILES string of the molecule is CCN(c1ccccc1F)c1ccc(C#N)cc1Br. The Bertz CT molecular complexity index is 634. The fourth-order valence-corrected chi connectivity index (χ4v) is 2.53. The maximum atomic E-state index is 13.9. The van der Waals surface area contributed by atoms with Gasteiger partial charge in [-0.25, -0.2) is 4.39 Å². The molecule has 0 spiro atoms. The molecule has 2 aromatic carbocycles. The van der Waals surface area contributed by atoms with Crippen LogP contribution >= 0.6 is 15.9 Å². The minimum atomic E-state index is -0.263. The first-order valence-corrected chi connectivity index (χ1v) is 6.68. The number of hydrogen-bond donors (Lipinski definition) is 0. The van der Waals surface area contributed by atoms with Gasteiger partial charge in [0, 0.05) is 11.0 Å². The second-order valence-corrected chi connectivity index (χ2v) is 4.83. The normalized spacial score (nSPS) is 10.0. The van der Waals surface area contributed by atoms with Gasteiger partial charge in [-0.1, -0.05) is 12.1 Å². The molecule has 0 atom stereocenters. The Kier molecular flexibility index (Phi) is 4.18. The van der Waals surface area contributed by atoms with Gasteiger partial charge in [0.1, 0.15) is 5.82 Å². The topological polar surface area (TPSA) is 27.0 Å². The molecule has 0 radical (unpaired) electrons. The van der Waals surface area contributed by atoms with Gasteiger partial charge in [0.05, 0.1) is 23.0 Å². The van der Waals surface area contributed by atoms with Gasteiger partial charge < -0.3 is 4.90 Å². The van der Waals surface area contributed by atoms with Crippen molar-refractivity contribution in [2.75, 3.05) is 11.4 Å². The molecule has 96 valence electrons. The summed E-state index contributed by atoms with van der Waals surface area (Å²) in [6.45, 7) is 2.59. The average molecular weight is 319 g/mol. The molecule has 0 heterocycles. The highest BCUT2D eigenvalue weighted by Gasteiger charge is 2.14. The molecule has 2 rings (SSSR count). The van der Waals surface area contributed by atoms with Gasteiger partial charge in [-0.3, -0.25) is 0 Å².